The van der Waals surface area contributed by atoms with E-state index >= 15 is 0 Å². The second-order valence-electron chi connectivity index (χ2n) is 13.9. The Hall–Kier alpha value is -3.67. The van der Waals surface area contributed by atoms with Gasteiger partial charge in [-0.15, -0.1) is 0 Å². The van der Waals surface area contributed by atoms with Gasteiger partial charge in [-0.05, 0) is 69.4 Å². The summed E-state index contributed by atoms with van der Waals surface area (Å²) < 4.78 is 11.9. The third kappa shape index (κ3) is 9.73. The number of nitrogens with one attached hydrogen (secondary N) is 2. The molecule has 2 fully saturated rings. The number of ether oxygens (including phenoxy) is 2. The van der Waals surface area contributed by atoms with Crippen LogP contribution in [-0.4, -0.2) is 103 Å². The van der Waals surface area contributed by atoms with Gasteiger partial charge < -0.3 is 40.5 Å². The molecule has 3 aliphatic rings. The van der Waals surface area contributed by atoms with Crippen molar-refractivity contribution >= 4 is 17.8 Å². The molecule has 0 aromatic heterocycles. The van der Waals surface area contributed by atoms with Crippen LogP contribution < -0.4 is 21.1 Å². The topological polar surface area (TPSA) is 125 Å². The van der Waals surface area contributed by atoms with Crippen molar-refractivity contribution in [2.45, 2.75) is 103 Å². The Morgan fingerprint density at radius 1 is 1.04 bits per heavy atom. The maximum Gasteiger partial charge on any atom is 0.288 e. The Bertz CT molecular complexity index is 1400. The molecule has 0 radical (unpaired) electrons. The van der Waals surface area contributed by atoms with E-state index in [-0.39, 0.29) is 36.0 Å². The molecule has 4 atom stereocenters. The van der Waals surface area contributed by atoms with Crippen LogP contribution in [0.15, 0.2) is 53.5 Å². The number of hydrogen-bond acceptors (Lipinski definition) is 9. The number of amidine groups is 1. The maximum absolute atomic E-state index is 14.4. The summed E-state index contributed by atoms with van der Waals surface area (Å²) in [6.45, 7) is 11.5. The first kappa shape index (κ1) is 36.6. The summed E-state index contributed by atoms with van der Waals surface area (Å²) in [5, 5.41) is 6.64. The number of rotatable bonds is 14. The number of methoxy groups -OCH3 is 1. The maximum atomic E-state index is 14.4. The van der Waals surface area contributed by atoms with E-state index in [1.807, 2.05) is 48.2 Å². The van der Waals surface area contributed by atoms with Gasteiger partial charge >= 0.3 is 0 Å². The molecular formula is C38H57N7O4. The molecule has 0 spiro atoms. The van der Waals surface area contributed by atoms with Gasteiger partial charge in [0.15, 0.2) is 0 Å². The Labute approximate surface area is 292 Å². The van der Waals surface area contributed by atoms with Crippen LogP contribution in [0.4, 0.5) is 0 Å². The number of unbranched alkanes of at least 4 members (excludes halogenated alkanes) is 1. The average molecular weight is 676 g/mol. The summed E-state index contributed by atoms with van der Waals surface area (Å²) in [4.78, 5) is 39.6. The minimum absolute atomic E-state index is 0.0229. The van der Waals surface area contributed by atoms with Gasteiger partial charge in [-0.3, -0.25) is 9.59 Å². The highest BCUT2D eigenvalue weighted by Crippen LogP contribution is 2.31. The third-order valence-electron chi connectivity index (χ3n) is 9.89. The molecule has 0 aliphatic carbocycles. The summed E-state index contributed by atoms with van der Waals surface area (Å²) in [5.41, 5.74) is 8.72. The monoisotopic (exact) mass is 675 g/mol. The lowest BCUT2D eigenvalue weighted by Crippen LogP contribution is -2.64. The molecule has 0 bridgehead atoms. The Balaban J connectivity index is 1.29. The number of hydrogen-bond donors (Lipinski definition) is 3. The van der Waals surface area contributed by atoms with Crippen LogP contribution in [0.5, 0.6) is 5.75 Å². The highest BCUT2D eigenvalue weighted by molar-refractivity contribution is 5.91. The molecule has 5 rings (SSSR count). The van der Waals surface area contributed by atoms with Crippen LogP contribution >= 0.6 is 0 Å². The number of piperazine rings is 1. The Morgan fingerprint density at radius 2 is 1.82 bits per heavy atom. The molecule has 2 unspecified atom stereocenters. The van der Waals surface area contributed by atoms with Crippen molar-refractivity contribution < 1.29 is 19.1 Å². The number of nitrogens with two attached hydrogens (primary N) is 1. The summed E-state index contributed by atoms with van der Waals surface area (Å²) in [7, 11) is 1.61. The number of piperidine rings is 1. The van der Waals surface area contributed by atoms with Crippen LogP contribution in [0.25, 0.3) is 0 Å². The lowest BCUT2D eigenvalue weighted by molar-refractivity contribution is -0.145. The van der Waals surface area contributed by atoms with Crippen molar-refractivity contribution in [2.24, 2.45) is 10.7 Å². The van der Waals surface area contributed by atoms with Crippen LogP contribution in [0, 0.1) is 0 Å². The zero-order chi connectivity index (χ0) is 34.8. The molecule has 11 heteroatoms. The third-order valence-corrected chi connectivity index (χ3v) is 9.89. The molecule has 2 aromatic carbocycles. The van der Waals surface area contributed by atoms with E-state index in [9.17, 15) is 9.59 Å². The van der Waals surface area contributed by atoms with Crippen LogP contribution in [0.1, 0.15) is 82.1 Å². The number of likely N-dealkylation sites (tertiary alicyclic amines) is 1. The molecule has 4 N–H and O–H groups in total. The number of amides is 2. The first-order valence-corrected chi connectivity index (χ1v) is 18.2. The number of benzene rings is 2. The van der Waals surface area contributed by atoms with Crippen molar-refractivity contribution in [1.29, 1.82) is 0 Å². The molecular weight excluding hydrogens is 618 g/mol. The van der Waals surface area contributed by atoms with Gasteiger partial charge in [-0.1, -0.05) is 69.2 Å². The zero-order valence-electron chi connectivity index (χ0n) is 29.9. The molecule has 2 saturated heterocycles. The fourth-order valence-corrected chi connectivity index (χ4v) is 7.20. The lowest BCUT2D eigenvalue weighted by atomic mass is 10.0. The van der Waals surface area contributed by atoms with E-state index in [1.165, 1.54) is 32.4 Å². The fraction of sp³-hybridized carbons (Fsp3) is 0.605. The highest BCUT2D eigenvalue weighted by Gasteiger charge is 2.41. The van der Waals surface area contributed by atoms with E-state index in [0.29, 0.717) is 44.5 Å². The van der Waals surface area contributed by atoms with Gasteiger partial charge in [0, 0.05) is 37.8 Å². The SMILES string of the molecule is COc1cc(CNC(=O)C2CN(C3=N[C@@H](C)[C@H](c4ccccc4)O3)CCN2C(=O)C(CCCCN2CCCCC2)NC(C)C)ccc1CN. The van der Waals surface area contributed by atoms with Gasteiger partial charge in [-0.2, -0.15) is 0 Å². The van der Waals surface area contributed by atoms with E-state index in [0.717, 1.165) is 42.5 Å². The van der Waals surface area contributed by atoms with Gasteiger partial charge in [0.1, 0.15) is 17.9 Å². The van der Waals surface area contributed by atoms with Crippen LogP contribution in [0.3, 0.4) is 0 Å². The van der Waals surface area contributed by atoms with Crippen LogP contribution in [-0.2, 0) is 27.4 Å². The predicted molar refractivity (Wildman–Crippen MR) is 193 cm³/mol. The molecule has 0 saturated carbocycles. The molecule has 268 valence electrons. The number of nitrogens with zero attached hydrogens (tertiary/aromatic N) is 4. The minimum atomic E-state index is -0.714. The summed E-state index contributed by atoms with van der Waals surface area (Å²) in [5.74, 6) is 0.459. The average Bonchev–Trinajstić information content (AvgIpc) is 3.53. The van der Waals surface area contributed by atoms with Gasteiger partial charge in [0.25, 0.3) is 6.02 Å². The quantitative estimate of drug-likeness (QED) is 0.258. The van der Waals surface area contributed by atoms with Crippen molar-refractivity contribution in [3.63, 3.8) is 0 Å². The van der Waals surface area contributed by atoms with Crippen LogP contribution in [0.2, 0.25) is 0 Å². The zero-order valence-corrected chi connectivity index (χ0v) is 29.9. The summed E-state index contributed by atoms with van der Waals surface area (Å²) >= 11 is 0. The predicted octanol–water partition coefficient (Wildman–Crippen LogP) is 3.82. The first-order valence-electron chi connectivity index (χ1n) is 18.2. The van der Waals surface area contributed by atoms with Gasteiger partial charge in [-0.25, -0.2) is 4.99 Å². The smallest absolute Gasteiger partial charge is 0.288 e. The molecule has 3 heterocycles. The lowest BCUT2D eigenvalue weighted by Gasteiger charge is -2.42. The second-order valence-corrected chi connectivity index (χ2v) is 13.9. The summed E-state index contributed by atoms with van der Waals surface area (Å²) in [6.07, 6.45) is 6.44. The second kappa shape index (κ2) is 17.8. The molecule has 2 aromatic rings. The Kier molecular flexibility index (Phi) is 13.3. The van der Waals surface area contributed by atoms with Crippen molar-refractivity contribution in [2.75, 3.05) is 46.4 Å². The van der Waals surface area contributed by atoms with Crippen molar-refractivity contribution in [3.05, 3.63) is 65.2 Å². The first-order chi connectivity index (χ1) is 23.8. The fourth-order valence-electron chi connectivity index (χ4n) is 7.20. The van der Waals surface area contributed by atoms with Crippen molar-refractivity contribution in [3.8, 4) is 5.75 Å². The number of carbonyl (C=O) groups is 2. The summed E-state index contributed by atoms with van der Waals surface area (Å²) in [6, 6.07) is 15.4. The Morgan fingerprint density at radius 3 is 2.53 bits per heavy atom. The van der Waals surface area contributed by atoms with Gasteiger partial charge in [0.05, 0.1) is 25.7 Å². The molecule has 2 amide bonds. The number of aliphatic imine (C=N–C) groups is 1. The molecule has 11 nitrogen and oxygen atoms in total. The molecule has 3 aliphatic heterocycles. The van der Waals surface area contributed by atoms with Gasteiger partial charge in [0.2, 0.25) is 11.8 Å². The van der Waals surface area contributed by atoms with E-state index < -0.39 is 6.04 Å². The number of carbonyl (C=O) groups excluding carboxylic acids is 2. The standard InChI is InChI=1S/C38H57N7O4/c1-27(2)41-32(15-9-12-20-43-18-10-6-11-19-43)37(47)45-22-21-44(38-42-28(3)35(49-38)30-13-7-5-8-14-30)26-33(45)36(46)40-25-29-16-17-31(24-39)34(23-29)48-4/h5,7-8,13-14,16-17,23,27-28,32-33,35,41H,6,9-12,15,18-22,24-26,39H2,1-4H3,(H,40,46)/t28-,32?,33?,35+/m0/s1. The highest BCUT2D eigenvalue weighted by atomic mass is 16.5. The minimum Gasteiger partial charge on any atom is -0.496 e. The largest absolute Gasteiger partial charge is 0.496 e. The normalized spacial score (nSPS) is 22.1. The van der Waals surface area contributed by atoms with Crippen molar-refractivity contribution in [1.82, 2.24) is 25.3 Å². The van der Waals surface area contributed by atoms with E-state index in [4.69, 9.17) is 20.2 Å². The van der Waals surface area contributed by atoms with E-state index in [1.54, 1.807) is 12.0 Å². The molecule has 49 heavy (non-hydrogen) atoms. The van der Waals surface area contributed by atoms with E-state index in [2.05, 4.69) is 41.5 Å².